The minimum Gasteiger partial charge on any atom is -0.452 e. The molecule has 0 aliphatic carbocycles. The van der Waals surface area contributed by atoms with Crippen LogP contribution in [0.5, 0.6) is 0 Å². The molecule has 29 heavy (non-hydrogen) atoms. The van der Waals surface area contributed by atoms with Crippen molar-refractivity contribution in [2.75, 3.05) is 26.2 Å². The molecule has 0 radical (unpaired) electrons. The van der Waals surface area contributed by atoms with Gasteiger partial charge in [-0.05, 0) is 24.1 Å². The van der Waals surface area contributed by atoms with Gasteiger partial charge in [-0.1, -0.05) is 27.7 Å². The first-order valence-electron chi connectivity index (χ1n) is 9.07. The van der Waals surface area contributed by atoms with Gasteiger partial charge in [0.15, 0.2) is 6.61 Å². The highest BCUT2D eigenvalue weighted by Crippen LogP contribution is 2.19. The molecule has 0 saturated heterocycles. The second-order valence-electron chi connectivity index (χ2n) is 6.46. The van der Waals surface area contributed by atoms with E-state index < -0.39 is 45.9 Å². The second kappa shape index (κ2) is 10.9. The van der Waals surface area contributed by atoms with Crippen molar-refractivity contribution in [3.05, 3.63) is 29.6 Å². The van der Waals surface area contributed by atoms with Crippen molar-refractivity contribution in [3.8, 4) is 0 Å². The standard InChI is InChI=1S/C18H26FN3O6S/c1-5-22(6-2)29(26,27)13-7-8-15(19)14(9-13)17(24)28-11-16(23)21-18(25)20-10-12(3)4/h7-9,12H,5-6,10-11H2,1-4H3,(H2,20,21,23,25). The number of esters is 1. The number of benzene rings is 1. The fourth-order valence-corrected chi connectivity index (χ4v) is 3.73. The van der Waals surface area contributed by atoms with Gasteiger partial charge in [0.25, 0.3) is 5.91 Å². The molecule has 9 nitrogen and oxygen atoms in total. The monoisotopic (exact) mass is 431 g/mol. The average Bonchev–Trinajstić information content (AvgIpc) is 2.65. The lowest BCUT2D eigenvalue weighted by Gasteiger charge is -2.18. The summed E-state index contributed by atoms with van der Waals surface area (Å²) in [4.78, 5) is 35.0. The minimum absolute atomic E-state index is 0.177. The molecule has 0 atom stereocenters. The van der Waals surface area contributed by atoms with Crippen LogP contribution < -0.4 is 10.6 Å². The molecule has 162 valence electrons. The highest BCUT2D eigenvalue weighted by Gasteiger charge is 2.25. The minimum atomic E-state index is -3.91. The van der Waals surface area contributed by atoms with Crippen LogP contribution in [0.15, 0.2) is 23.1 Å². The van der Waals surface area contributed by atoms with Crippen molar-refractivity contribution in [1.29, 1.82) is 0 Å². The molecular formula is C18H26FN3O6S. The van der Waals surface area contributed by atoms with E-state index in [0.29, 0.717) is 6.54 Å². The van der Waals surface area contributed by atoms with Crippen LogP contribution in [0.25, 0.3) is 0 Å². The molecule has 3 amide bonds. The molecule has 0 unspecified atom stereocenters. The zero-order valence-corrected chi connectivity index (χ0v) is 17.6. The third-order valence-corrected chi connectivity index (χ3v) is 5.80. The molecule has 1 rings (SSSR count). The highest BCUT2D eigenvalue weighted by atomic mass is 32.2. The molecular weight excluding hydrogens is 405 g/mol. The van der Waals surface area contributed by atoms with E-state index in [-0.39, 0.29) is 23.9 Å². The van der Waals surface area contributed by atoms with Gasteiger partial charge in [-0.25, -0.2) is 22.4 Å². The topological polar surface area (TPSA) is 122 Å². The predicted molar refractivity (Wildman–Crippen MR) is 103 cm³/mol. The number of nitrogens with one attached hydrogen (secondary N) is 2. The van der Waals surface area contributed by atoms with Crippen molar-refractivity contribution >= 4 is 27.9 Å². The van der Waals surface area contributed by atoms with Crippen LogP contribution in [-0.2, 0) is 19.6 Å². The summed E-state index contributed by atoms with van der Waals surface area (Å²) in [5, 5.41) is 4.40. The third-order valence-electron chi connectivity index (χ3n) is 3.76. The third kappa shape index (κ3) is 7.09. The molecule has 0 aliphatic rings. The molecule has 0 bridgehead atoms. The number of hydrogen-bond donors (Lipinski definition) is 2. The number of halogens is 1. The van der Waals surface area contributed by atoms with E-state index in [0.717, 1.165) is 22.5 Å². The van der Waals surface area contributed by atoms with Gasteiger partial charge in [0.1, 0.15) is 5.82 Å². The zero-order valence-electron chi connectivity index (χ0n) is 16.8. The first-order valence-corrected chi connectivity index (χ1v) is 10.5. The Balaban J connectivity index is 2.82. The van der Waals surface area contributed by atoms with Gasteiger partial charge in [-0.15, -0.1) is 0 Å². The summed E-state index contributed by atoms with van der Waals surface area (Å²) in [6, 6.07) is 1.99. The first kappa shape index (κ1) is 24.5. The Bertz CT molecular complexity index is 853. The molecule has 2 N–H and O–H groups in total. The Morgan fingerprint density at radius 2 is 1.79 bits per heavy atom. The van der Waals surface area contributed by atoms with Crippen LogP contribution in [0, 0.1) is 11.7 Å². The van der Waals surface area contributed by atoms with Crippen molar-refractivity contribution in [1.82, 2.24) is 14.9 Å². The average molecular weight is 431 g/mol. The lowest BCUT2D eigenvalue weighted by Crippen LogP contribution is -2.42. The van der Waals surface area contributed by atoms with Gasteiger partial charge in [0.2, 0.25) is 10.0 Å². The molecule has 11 heteroatoms. The number of carbonyl (C=O) groups is 3. The van der Waals surface area contributed by atoms with Crippen molar-refractivity contribution in [2.45, 2.75) is 32.6 Å². The molecule has 0 heterocycles. The number of urea groups is 1. The predicted octanol–water partition coefficient (Wildman–Crippen LogP) is 1.49. The number of carbonyl (C=O) groups excluding carboxylic acids is 3. The SMILES string of the molecule is CCN(CC)S(=O)(=O)c1ccc(F)c(C(=O)OCC(=O)NC(=O)NCC(C)C)c1. The van der Waals surface area contributed by atoms with Gasteiger partial charge in [-0.3, -0.25) is 10.1 Å². The largest absolute Gasteiger partial charge is 0.452 e. The number of ether oxygens (including phenoxy) is 1. The van der Waals surface area contributed by atoms with Crippen LogP contribution in [0.3, 0.4) is 0 Å². The Morgan fingerprint density at radius 1 is 1.17 bits per heavy atom. The Kier molecular flexibility index (Phi) is 9.18. The van der Waals surface area contributed by atoms with E-state index in [1.807, 2.05) is 19.2 Å². The van der Waals surface area contributed by atoms with Crippen molar-refractivity contribution in [2.24, 2.45) is 5.92 Å². The van der Waals surface area contributed by atoms with Crippen LogP contribution in [0.1, 0.15) is 38.1 Å². The molecule has 1 aromatic carbocycles. The van der Waals surface area contributed by atoms with Crippen molar-refractivity contribution < 1.29 is 31.9 Å². The van der Waals surface area contributed by atoms with E-state index in [9.17, 15) is 27.2 Å². The number of sulfonamides is 1. The molecule has 0 fully saturated rings. The highest BCUT2D eigenvalue weighted by molar-refractivity contribution is 7.89. The molecule has 0 aliphatic heterocycles. The summed E-state index contributed by atoms with van der Waals surface area (Å²) in [5.41, 5.74) is -0.629. The van der Waals surface area contributed by atoms with Gasteiger partial charge in [0.05, 0.1) is 10.5 Å². The maximum Gasteiger partial charge on any atom is 0.341 e. The summed E-state index contributed by atoms with van der Waals surface area (Å²) in [5.74, 6) is -2.95. The van der Waals surface area contributed by atoms with Crippen LogP contribution in [0.2, 0.25) is 0 Å². The van der Waals surface area contributed by atoms with Crippen molar-refractivity contribution in [3.63, 3.8) is 0 Å². The Hall–Kier alpha value is -2.53. The second-order valence-corrected chi connectivity index (χ2v) is 8.40. The Labute approximate surface area is 169 Å². The van der Waals surface area contributed by atoms with E-state index in [4.69, 9.17) is 4.74 Å². The first-order chi connectivity index (χ1) is 13.5. The molecule has 0 spiro atoms. The summed E-state index contributed by atoms with van der Waals surface area (Å²) < 4.78 is 44.9. The maximum absolute atomic E-state index is 14.0. The van der Waals surface area contributed by atoms with E-state index in [1.54, 1.807) is 13.8 Å². The number of imide groups is 1. The molecule has 0 saturated carbocycles. The number of rotatable bonds is 9. The fraction of sp³-hybridized carbons (Fsp3) is 0.500. The summed E-state index contributed by atoms with van der Waals surface area (Å²) in [6.07, 6.45) is 0. The van der Waals surface area contributed by atoms with E-state index >= 15 is 0 Å². The quantitative estimate of drug-likeness (QED) is 0.572. The summed E-state index contributed by atoms with van der Waals surface area (Å²) in [6.45, 7) is 6.95. The smallest absolute Gasteiger partial charge is 0.341 e. The van der Waals surface area contributed by atoms with Gasteiger partial charge in [-0.2, -0.15) is 4.31 Å². The Morgan fingerprint density at radius 3 is 2.34 bits per heavy atom. The number of hydrogen-bond acceptors (Lipinski definition) is 6. The fourth-order valence-electron chi connectivity index (χ4n) is 2.25. The molecule has 1 aromatic rings. The lowest BCUT2D eigenvalue weighted by atomic mass is 10.2. The molecule has 0 aromatic heterocycles. The van der Waals surface area contributed by atoms with Gasteiger partial charge >= 0.3 is 12.0 Å². The lowest BCUT2D eigenvalue weighted by molar-refractivity contribution is -0.123. The van der Waals surface area contributed by atoms with Crippen LogP contribution >= 0.6 is 0 Å². The maximum atomic E-state index is 14.0. The number of amides is 3. The van der Waals surface area contributed by atoms with E-state index in [2.05, 4.69) is 5.32 Å². The van der Waals surface area contributed by atoms with Crippen LogP contribution in [-0.4, -0.2) is 56.9 Å². The van der Waals surface area contributed by atoms with E-state index in [1.165, 1.54) is 0 Å². The summed E-state index contributed by atoms with van der Waals surface area (Å²) >= 11 is 0. The summed E-state index contributed by atoms with van der Waals surface area (Å²) in [7, 11) is -3.91. The number of nitrogens with zero attached hydrogens (tertiary/aromatic N) is 1. The zero-order chi connectivity index (χ0) is 22.2. The van der Waals surface area contributed by atoms with Gasteiger partial charge in [0, 0.05) is 19.6 Å². The van der Waals surface area contributed by atoms with Gasteiger partial charge < -0.3 is 10.1 Å². The normalized spacial score (nSPS) is 11.4. The van der Waals surface area contributed by atoms with Crippen LogP contribution in [0.4, 0.5) is 9.18 Å².